The van der Waals surface area contributed by atoms with Crippen molar-refractivity contribution in [3.8, 4) is 0 Å². The van der Waals surface area contributed by atoms with Crippen LogP contribution in [-0.4, -0.2) is 27.4 Å². The van der Waals surface area contributed by atoms with E-state index in [2.05, 4.69) is 4.98 Å². The zero-order chi connectivity index (χ0) is 19.3. The number of alkyl halides is 3. The molecule has 0 atom stereocenters. The minimum atomic E-state index is -4.54. The third-order valence-electron chi connectivity index (χ3n) is 4.14. The van der Waals surface area contributed by atoms with Crippen molar-refractivity contribution in [3.05, 3.63) is 40.9 Å². The summed E-state index contributed by atoms with van der Waals surface area (Å²) in [6.07, 6.45) is -3.06. The highest BCUT2D eigenvalue weighted by Crippen LogP contribution is 2.40. The van der Waals surface area contributed by atoms with E-state index in [4.69, 9.17) is 5.73 Å². The van der Waals surface area contributed by atoms with Crippen molar-refractivity contribution in [2.24, 2.45) is 0 Å². The highest BCUT2D eigenvalue weighted by molar-refractivity contribution is 7.14. The van der Waals surface area contributed by atoms with Gasteiger partial charge < -0.3 is 10.6 Å². The van der Waals surface area contributed by atoms with Gasteiger partial charge in [-0.2, -0.15) is 13.2 Å². The minimum absolute atomic E-state index is 0. The fourth-order valence-electron chi connectivity index (χ4n) is 2.66. The molecule has 146 valence electrons. The van der Waals surface area contributed by atoms with Gasteiger partial charge in [0, 0.05) is 18.1 Å². The molecular weight excluding hydrogens is 405 g/mol. The molecule has 0 radical (unpaired) electrons. The zero-order valence-electron chi connectivity index (χ0n) is 14.3. The topological polar surface area (TPSA) is 79.5 Å². The third kappa shape index (κ3) is 3.72. The molecule has 0 bridgehead atoms. The van der Waals surface area contributed by atoms with Crippen LogP contribution in [0.25, 0.3) is 0 Å². The van der Waals surface area contributed by atoms with E-state index in [1.165, 1.54) is 11.1 Å². The quantitative estimate of drug-likeness (QED) is 0.763. The van der Waals surface area contributed by atoms with Crippen LogP contribution in [0, 0.1) is 0 Å². The molecule has 0 spiro atoms. The second-order valence-electron chi connectivity index (χ2n) is 6.33. The number of aromatic nitrogens is 1. The summed E-state index contributed by atoms with van der Waals surface area (Å²) in [6, 6.07) is 3.36. The Bertz CT molecular complexity index is 885. The summed E-state index contributed by atoms with van der Waals surface area (Å²) in [5.41, 5.74) is 4.19. The first-order chi connectivity index (χ1) is 12.0. The summed E-state index contributed by atoms with van der Waals surface area (Å²) in [4.78, 5) is 31.5. The number of nitrogen functional groups attached to an aromatic ring is 1. The molecule has 6 nitrogen and oxygen atoms in total. The summed E-state index contributed by atoms with van der Waals surface area (Å²) in [5.74, 6) is -0.316. The Hall–Kier alpha value is -2.33. The molecule has 0 saturated carbocycles. The van der Waals surface area contributed by atoms with E-state index in [1.54, 1.807) is 26.0 Å². The Morgan fingerprint density at radius 1 is 1.26 bits per heavy atom. The summed E-state index contributed by atoms with van der Waals surface area (Å²) >= 11 is 0.700. The van der Waals surface area contributed by atoms with Gasteiger partial charge in [0.25, 0.3) is 5.91 Å². The first-order valence-corrected chi connectivity index (χ1v) is 8.42. The lowest BCUT2D eigenvalue weighted by Gasteiger charge is -2.27. The number of nitrogens with two attached hydrogens (primary N) is 1. The van der Waals surface area contributed by atoms with Crippen LogP contribution >= 0.6 is 23.7 Å². The van der Waals surface area contributed by atoms with Gasteiger partial charge in [0.1, 0.15) is 16.4 Å². The molecule has 3 heterocycles. The number of urea groups is 1. The number of carbonyl (C=O) groups is 2. The average molecular weight is 421 g/mol. The van der Waals surface area contributed by atoms with E-state index in [0.717, 1.165) is 16.3 Å². The molecule has 1 saturated heterocycles. The van der Waals surface area contributed by atoms with E-state index < -0.39 is 29.2 Å². The van der Waals surface area contributed by atoms with Crippen LogP contribution < -0.4 is 10.6 Å². The number of nitrogens with zero attached hydrogens (tertiary/aromatic N) is 3. The van der Waals surface area contributed by atoms with Gasteiger partial charge >= 0.3 is 12.2 Å². The lowest BCUT2D eigenvalue weighted by Crippen LogP contribution is -2.43. The molecule has 3 amide bonds. The summed E-state index contributed by atoms with van der Waals surface area (Å²) in [7, 11) is 0. The van der Waals surface area contributed by atoms with Gasteiger partial charge in [0.15, 0.2) is 0 Å². The highest BCUT2D eigenvalue weighted by atomic mass is 35.5. The van der Waals surface area contributed by atoms with Crippen LogP contribution in [0.3, 0.4) is 0 Å². The van der Waals surface area contributed by atoms with Gasteiger partial charge in [0.05, 0.1) is 5.56 Å². The number of thiophene rings is 1. The Morgan fingerprint density at radius 2 is 1.93 bits per heavy atom. The molecule has 2 N–H and O–H groups in total. The molecule has 3 rings (SSSR count). The molecule has 27 heavy (non-hydrogen) atoms. The monoisotopic (exact) mass is 420 g/mol. The Labute approximate surface area is 163 Å². The lowest BCUT2D eigenvalue weighted by molar-refractivity contribution is -0.137. The number of rotatable bonds is 3. The average Bonchev–Trinajstić information content (AvgIpc) is 3.07. The van der Waals surface area contributed by atoms with Crippen LogP contribution in [0.5, 0.6) is 0 Å². The van der Waals surface area contributed by atoms with Gasteiger partial charge in [0.2, 0.25) is 0 Å². The molecule has 1 fully saturated rings. The molecule has 2 aromatic rings. The molecule has 0 aliphatic carbocycles. The maximum absolute atomic E-state index is 12.8. The van der Waals surface area contributed by atoms with Gasteiger partial charge in [-0.25, -0.2) is 14.7 Å². The number of halogens is 4. The smallest absolute Gasteiger partial charge is 0.384 e. The molecule has 0 unspecified atom stereocenters. The van der Waals surface area contributed by atoms with Crippen molar-refractivity contribution >= 4 is 46.5 Å². The van der Waals surface area contributed by atoms with Crippen molar-refractivity contribution in [1.29, 1.82) is 0 Å². The first-order valence-electron chi connectivity index (χ1n) is 7.54. The molecule has 1 aliphatic rings. The van der Waals surface area contributed by atoms with Gasteiger partial charge in [-0.3, -0.25) is 4.79 Å². The number of hydrogen-bond donors (Lipinski definition) is 1. The van der Waals surface area contributed by atoms with E-state index in [-0.39, 0.29) is 29.8 Å². The molecule has 1 aliphatic heterocycles. The largest absolute Gasteiger partial charge is 0.417 e. The van der Waals surface area contributed by atoms with Crippen molar-refractivity contribution in [2.75, 3.05) is 10.6 Å². The highest BCUT2D eigenvalue weighted by Gasteiger charge is 2.52. The van der Waals surface area contributed by atoms with Gasteiger partial charge in [-0.1, -0.05) is 0 Å². The van der Waals surface area contributed by atoms with Crippen LogP contribution in [-0.2, 0) is 17.5 Å². The fourth-order valence-corrected chi connectivity index (χ4v) is 3.57. The van der Waals surface area contributed by atoms with Crippen molar-refractivity contribution in [3.63, 3.8) is 0 Å². The van der Waals surface area contributed by atoms with E-state index in [9.17, 15) is 22.8 Å². The van der Waals surface area contributed by atoms with Crippen LogP contribution in [0.15, 0.2) is 29.8 Å². The second kappa shape index (κ2) is 7.01. The number of amides is 3. The van der Waals surface area contributed by atoms with Crippen LogP contribution in [0.1, 0.15) is 25.0 Å². The molecule has 2 aromatic heterocycles. The van der Waals surface area contributed by atoms with E-state index in [0.29, 0.717) is 16.9 Å². The first kappa shape index (κ1) is 21.0. The molecule has 0 aromatic carbocycles. The Kier molecular flexibility index (Phi) is 5.44. The Balaban J connectivity index is 0.00000261. The maximum Gasteiger partial charge on any atom is 0.417 e. The SMILES string of the molecule is CC1(C)C(=O)N(c2cc(C(F)(F)F)cs2)C(=O)N1Cc1ccnc(N)c1.Cl. The summed E-state index contributed by atoms with van der Waals surface area (Å²) < 4.78 is 38.5. The number of hydrogen-bond acceptors (Lipinski definition) is 5. The normalized spacial score (nSPS) is 16.6. The van der Waals surface area contributed by atoms with Crippen molar-refractivity contribution in [1.82, 2.24) is 9.88 Å². The number of carbonyl (C=O) groups excluding carboxylic acids is 2. The minimum Gasteiger partial charge on any atom is -0.384 e. The number of anilines is 2. The number of pyridine rings is 1. The maximum atomic E-state index is 12.8. The zero-order valence-corrected chi connectivity index (χ0v) is 15.9. The lowest BCUT2D eigenvalue weighted by atomic mass is 10.0. The predicted octanol–water partition coefficient (Wildman–Crippen LogP) is 3.91. The van der Waals surface area contributed by atoms with E-state index >= 15 is 0 Å². The second-order valence-corrected chi connectivity index (χ2v) is 7.22. The van der Waals surface area contributed by atoms with Gasteiger partial charge in [-0.05, 0) is 37.6 Å². The predicted molar refractivity (Wildman–Crippen MR) is 97.7 cm³/mol. The summed E-state index contributed by atoms with van der Waals surface area (Å²) in [5, 5.41) is 0.826. The van der Waals surface area contributed by atoms with Crippen molar-refractivity contribution < 1.29 is 22.8 Å². The van der Waals surface area contributed by atoms with Gasteiger partial charge in [-0.15, -0.1) is 23.7 Å². The fraction of sp³-hybridized carbons (Fsp3) is 0.312. The van der Waals surface area contributed by atoms with Crippen LogP contribution in [0.2, 0.25) is 0 Å². The van der Waals surface area contributed by atoms with E-state index in [1.807, 2.05) is 0 Å². The molecular formula is C16H16ClF3N4O2S. The molecule has 11 heteroatoms. The summed E-state index contributed by atoms with van der Waals surface area (Å²) in [6.45, 7) is 3.18. The Morgan fingerprint density at radius 3 is 2.48 bits per heavy atom. The van der Waals surface area contributed by atoms with Crippen molar-refractivity contribution in [2.45, 2.75) is 32.1 Å². The number of imide groups is 1. The standard InChI is InChI=1S/C16H15F3N4O2S.ClH/c1-15(2)13(24)23(12-6-10(8-26-12)16(17,18)19)14(25)22(15)7-9-3-4-21-11(20)5-9;/h3-6,8H,7H2,1-2H3,(H2,20,21);1H. The third-order valence-corrected chi connectivity index (χ3v) is 5.06. The van der Waals surface area contributed by atoms with Crippen LogP contribution in [0.4, 0.5) is 28.8 Å².